The van der Waals surface area contributed by atoms with E-state index in [1.807, 2.05) is 13.8 Å². The van der Waals surface area contributed by atoms with Crippen LogP contribution in [0.5, 0.6) is 11.5 Å². The van der Waals surface area contributed by atoms with E-state index in [1.54, 1.807) is 72.8 Å². The standard InChI is InChI=1S/C26H24N2O6/c1-17-7-11-19(12-8-17)33-25(29)15-23-24(16-26(30)34-20-13-9-18(2)10-14-20)28(32)22-6-4-3-5-21(22)27(23)31/h3-14,31-32H,15-16H2,1-2H3. The quantitative estimate of drug-likeness (QED) is 0.395. The first kappa shape index (κ1) is 23.0. The molecule has 8 heteroatoms. The molecule has 0 fully saturated rings. The average Bonchev–Trinajstić information content (AvgIpc) is 2.82. The zero-order valence-corrected chi connectivity index (χ0v) is 18.8. The molecular weight excluding hydrogens is 436 g/mol. The zero-order valence-electron chi connectivity index (χ0n) is 18.8. The van der Waals surface area contributed by atoms with Crippen molar-refractivity contribution in [3.8, 4) is 11.5 Å². The summed E-state index contributed by atoms with van der Waals surface area (Å²) in [5, 5.41) is 23.3. The van der Waals surface area contributed by atoms with Crippen molar-refractivity contribution in [2.45, 2.75) is 26.7 Å². The normalized spacial score (nSPS) is 12.9. The number of anilines is 2. The third-order valence-corrected chi connectivity index (χ3v) is 5.31. The minimum absolute atomic E-state index is 0.000771. The van der Waals surface area contributed by atoms with Crippen LogP contribution in [0.1, 0.15) is 24.0 Å². The fourth-order valence-corrected chi connectivity index (χ4v) is 3.53. The molecule has 174 valence electrons. The average molecular weight is 460 g/mol. The SMILES string of the molecule is Cc1ccc(OC(=O)CC2=C(CC(=O)Oc3ccc(C)cc3)N(O)c3ccccc3N2O)cc1. The molecule has 0 spiro atoms. The van der Waals surface area contributed by atoms with E-state index in [9.17, 15) is 20.0 Å². The maximum atomic E-state index is 12.7. The molecule has 4 rings (SSSR count). The highest BCUT2D eigenvalue weighted by Gasteiger charge is 2.32. The van der Waals surface area contributed by atoms with E-state index in [4.69, 9.17) is 9.47 Å². The van der Waals surface area contributed by atoms with Crippen molar-refractivity contribution in [3.05, 3.63) is 95.3 Å². The van der Waals surface area contributed by atoms with Crippen LogP contribution in [0.15, 0.2) is 84.2 Å². The van der Waals surface area contributed by atoms with Gasteiger partial charge in [0.25, 0.3) is 0 Å². The van der Waals surface area contributed by atoms with Crippen molar-refractivity contribution >= 4 is 23.3 Å². The molecule has 0 aliphatic carbocycles. The van der Waals surface area contributed by atoms with Crippen molar-refractivity contribution in [2.75, 3.05) is 10.1 Å². The van der Waals surface area contributed by atoms with Gasteiger partial charge in [-0.05, 0) is 50.2 Å². The Morgan fingerprint density at radius 3 is 1.35 bits per heavy atom. The summed E-state index contributed by atoms with van der Waals surface area (Å²) in [6.07, 6.45) is -0.800. The van der Waals surface area contributed by atoms with Crippen molar-refractivity contribution in [1.29, 1.82) is 0 Å². The Balaban J connectivity index is 1.60. The molecule has 0 saturated carbocycles. The van der Waals surface area contributed by atoms with E-state index < -0.39 is 24.8 Å². The third kappa shape index (κ3) is 5.09. The van der Waals surface area contributed by atoms with Gasteiger partial charge < -0.3 is 9.47 Å². The molecule has 0 amide bonds. The Kier molecular flexibility index (Phi) is 6.62. The Hall–Kier alpha value is -4.14. The van der Waals surface area contributed by atoms with Gasteiger partial charge in [0.1, 0.15) is 11.5 Å². The second kappa shape index (κ2) is 9.78. The number of carbonyl (C=O) groups is 2. The lowest BCUT2D eigenvalue weighted by Gasteiger charge is -2.35. The van der Waals surface area contributed by atoms with E-state index >= 15 is 0 Å². The number of benzene rings is 3. The summed E-state index contributed by atoms with van der Waals surface area (Å²) in [7, 11) is 0. The Bertz CT molecular complexity index is 1140. The molecule has 1 aliphatic heterocycles. The highest BCUT2D eigenvalue weighted by atomic mass is 16.5. The first-order valence-electron chi connectivity index (χ1n) is 10.7. The van der Waals surface area contributed by atoms with Gasteiger partial charge in [-0.1, -0.05) is 47.5 Å². The van der Waals surface area contributed by atoms with Gasteiger partial charge in [-0.25, -0.2) is 10.1 Å². The second-order valence-corrected chi connectivity index (χ2v) is 7.93. The second-order valence-electron chi connectivity index (χ2n) is 7.93. The maximum absolute atomic E-state index is 12.7. The van der Waals surface area contributed by atoms with E-state index in [0.29, 0.717) is 11.5 Å². The van der Waals surface area contributed by atoms with Gasteiger partial charge >= 0.3 is 11.9 Å². The van der Waals surface area contributed by atoms with Gasteiger partial charge in [0.05, 0.1) is 35.6 Å². The number of ether oxygens (including phenoxy) is 2. The zero-order chi connectivity index (χ0) is 24.2. The lowest BCUT2D eigenvalue weighted by atomic mass is 10.1. The van der Waals surface area contributed by atoms with Gasteiger partial charge in [0, 0.05) is 0 Å². The minimum atomic E-state index is -0.671. The predicted octanol–water partition coefficient (Wildman–Crippen LogP) is 4.91. The summed E-state index contributed by atoms with van der Waals surface area (Å²) in [6, 6.07) is 20.4. The number of aryl methyl sites for hydroxylation is 2. The number of hydrogen-bond acceptors (Lipinski definition) is 8. The van der Waals surface area contributed by atoms with Crippen LogP contribution in [-0.2, 0) is 9.59 Å². The fraction of sp³-hybridized carbons (Fsp3) is 0.154. The van der Waals surface area contributed by atoms with E-state index in [-0.39, 0.29) is 22.8 Å². The van der Waals surface area contributed by atoms with Gasteiger partial charge in [-0.2, -0.15) is 0 Å². The Morgan fingerprint density at radius 2 is 1.00 bits per heavy atom. The molecule has 1 heterocycles. The molecule has 0 atom stereocenters. The minimum Gasteiger partial charge on any atom is -0.426 e. The number of hydrogen-bond donors (Lipinski definition) is 2. The van der Waals surface area contributed by atoms with Crippen molar-refractivity contribution < 1.29 is 29.5 Å². The Labute approximate surface area is 196 Å². The largest absolute Gasteiger partial charge is 0.426 e. The van der Waals surface area contributed by atoms with Gasteiger partial charge in [0.15, 0.2) is 0 Å². The van der Waals surface area contributed by atoms with Crippen LogP contribution >= 0.6 is 0 Å². The number of hydroxylamine groups is 2. The molecule has 0 unspecified atom stereocenters. The number of esters is 2. The van der Waals surface area contributed by atoms with Crippen molar-refractivity contribution in [2.24, 2.45) is 0 Å². The van der Waals surface area contributed by atoms with Crippen LogP contribution in [0.25, 0.3) is 0 Å². The van der Waals surface area contributed by atoms with Crippen LogP contribution in [-0.4, -0.2) is 22.4 Å². The molecule has 2 N–H and O–H groups in total. The van der Waals surface area contributed by atoms with Gasteiger partial charge in [0.2, 0.25) is 0 Å². The summed E-state index contributed by atoms with van der Waals surface area (Å²) in [4.78, 5) is 25.3. The molecule has 0 aromatic heterocycles. The lowest BCUT2D eigenvalue weighted by Crippen LogP contribution is -2.35. The number of nitrogens with zero attached hydrogens (tertiary/aromatic N) is 2. The molecule has 0 bridgehead atoms. The highest BCUT2D eigenvalue weighted by molar-refractivity contribution is 5.85. The van der Waals surface area contributed by atoms with Crippen LogP contribution < -0.4 is 19.6 Å². The summed E-state index contributed by atoms with van der Waals surface area (Å²) >= 11 is 0. The predicted molar refractivity (Wildman–Crippen MR) is 125 cm³/mol. The summed E-state index contributed by atoms with van der Waals surface area (Å²) in [5.41, 5.74) is 2.52. The first-order chi connectivity index (χ1) is 16.3. The maximum Gasteiger partial charge on any atom is 0.317 e. The molecule has 0 saturated heterocycles. The summed E-state index contributed by atoms with van der Waals surface area (Å²) < 4.78 is 10.8. The van der Waals surface area contributed by atoms with Crippen LogP contribution in [0.2, 0.25) is 0 Å². The van der Waals surface area contributed by atoms with E-state index in [2.05, 4.69) is 0 Å². The number of fused-ring (bicyclic) bond motifs is 1. The number of para-hydroxylation sites is 2. The van der Waals surface area contributed by atoms with Crippen molar-refractivity contribution in [3.63, 3.8) is 0 Å². The lowest BCUT2D eigenvalue weighted by molar-refractivity contribution is -0.135. The first-order valence-corrected chi connectivity index (χ1v) is 10.7. The molecule has 1 aliphatic rings. The number of rotatable bonds is 6. The molecule has 3 aromatic rings. The van der Waals surface area contributed by atoms with Crippen LogP contribution in [0.4, 0.5) is 11.4 Å². The van der Waals surface area contributed by atoms with E-state index in [1.165, 1.54) is 0 Å². The fourth-order valence-electron chi connectivity index (χ4n) is 3.53. The molecular formula is C26H24N2O6. The Morgan fingerprint density at radius 1 is 0.647 bits per heavy atom. The monoisotopic (exact) mass is 460 g/mol. The van der Waals surface area contributed by atoms with Crippen LogP contribution in [0, 0.1) is 13.8 Å². The van der Waals surface area contributed by atoms with Crippen LogP contribution in [0.3, 0.4) is 0 Å². The van der Waals surface area contributed by atoms with E-state index in [0.717, 1.165) is 21.3 Å². The molecule has 8 nitrogen and oxygen atoms in total. The van der Waals surface area contributed by atoms with Gasteiger partial charge in [-0.3, -0.25) is 20.0 Å². The number of carbonyl (C=O) groups excluding carboxylic acids is 2. The highest BCUT2D eigenvalue weighted by Crippen LogP contribution is 2.39. The smallest absolute Gasteiger partial charge is 0.317 e. The van der Waals surface area contributed by atoms with Gasteiger partial charge in [-0.15, -0.1) is 0 Å². The molecule has 3 aromatic carbocycles. The van der Waals surface area contributed by atoms with Crippen molar-refractivity contribution in [1.82, 2.24) is 0 Å². The molecule has 0 radical (unpaired) electrons. The topological polar surface area (TPSA) is 99.5 Å². The third-order valence-electron chi connectivity index (χ3n) is 5.31. The molecule has 34 heavy (non-hydrogen) atoms. The summed E-state index contributed by atoms with van der Waals surface area (Å²) in [6.45, 7) is 3.83. The summed E-state index contributed by atoms with van der Waals surface area (Å²) in [5.74, 6) is -0.652.